The van der Waals surface area contributed by atoms with Gasteiger partial charge in [0.1, 0.15) is 6.04 Å². The van der Waals surface area contributed by atoms with E-state index in [0.29, 0.717) is 12.8 Å². The number of hydrogen-bond donors (Lipinski definition) is 1. The smallest absolute Gasteiger partial charge is 0.416 e. The van der Waals surface area contributed by atoms with Crippen molar-refractivity contribution >= 4 is 11.9 Å². The maximum Gasteiger partial charge on any atom is 0.416 e. The molecule has 0 spiro atoms. The lowest BCUT2D eigenvalue weighted by atomic mass is 9.75. The van der Waals surface area contributed by atoms with Gasteiger partial charge in [0.25, 0.3) is 5.91 Å². The minimum Gasteiger partial charge on any atom is -0.468 e. The highest BCUT2D eigenvalue weighted by molar-refractivity contribution is 5.95. The summed E-state index contributed by atoms with van der Waals surface area (Å²) in [6.45, 7) is 0. The van der Waals surface area contributed by atoms with Crippen LogP contribution in [0.25, 0.3) is 0 Å². The molecule has 1 aromatic carbocycles. The Bertz CT molecular complexity index is 691. The van der Waals surface area contributed by atoms with Crippen molar-refractivity contribution in [3.8, 4) is 0 Å². The number of ether oxygens (including phenoxy) is 1. The fraction of sp³-hybridized carbons (Fsp3) is 0.579. The lowest BCUT2D eigenvalue weighted by Gasteiger charge is -2.49. The summed E-state index contributed by atoms with van der Waals surface area (Å²) < 4.78 is 42.9. The van der Waals surface area contributed by atoms with Gasteiger partial charge in [0.15, 0.2) is 0 Å². The van der Waals surface area contributed by atoms with Crippen molar-refractivity contribution in [2.75, 3.05) is 7.11 Å². The van der Waals surface area contributed by atoms with Crippen molar-refractivity contribution in [2.24, 2.45) is 11.7 Å². The van der Waals surface area contributed by atoms with E-state index in [2.05, 4.69) is 0 Å². The van der Waals surface area contributed by atoms with Gasteiger partial charge in [-0.25, -0.2) is 0 Å². The molecule has 3 atom stereocenters. The number of rotatable bonds is 3. The molecule has 0 saturated carbocycles. The van der Waals surface area contributed by atoms with Crippen LogP contribution in [0.2, 0.25) is 0 Å². The normalized spacial score (nSPS) is 26.4. The Morgan fingerprint density at radius 1 is 1.15 bits per heavy atom. The van der Waals surface area contributed by atoms with Crippen LogP contribution in [0.5, 0.6) is 0 Å². The van der Waals surface area contributed by atoms with Gasteiger partial charge in [0.05, 0.1) is 12.7 Å². The van der Waals surface area contributed by atoms with Gasteiger partial charge < -0.3 is 15.4 Å². The zero-order valence-electron chi connectivity index (χ0n) is 15.0. The quantitative estimate of drug-likeness (QED) is 0.814. The zero-order chi connectivity index (χ0) is 19.8. The van der Waals surface area contributed by atoms with E-state index >= 15 is 0 Å². The number of esters is 1. The molecular weight excluding hydrogens is 361 g/mol. The molecule has 2 N–H and O–H groups in total. The first kappa shape index (κ1) is 19.7. The van der Waals surface area contributed by atoms with Crippen molar-refractivity contribution in [1.82, 2.24) is 4.90 Å². The fourth-order valence-electron chi connectivity index (χ4n) is 4.33. The number of benzene rings is 1. The number of hydrogen-bond acceptors (Lipinski definition) is 4. The van der Waals surface area contributed by atoms with Crippen LogP contribution in [0, 0.1) is 5.92 Å². The van der Waals surface area contributed by atoms with Gasteiger partial charge in [-0.1, -0.05) is 0 Å². The van der Waals surface area contributed by atoms with E-state index in [-0.39, 0.29) is 29.5 Å². The summed E-state index contributed by atoms with van der Waals surface area (Å²) in [6.07, 6.45) is -0.661. The molecule has 2 fully saturated rings. The number of nitrogens with two attached hydrogens (primary N) is 1. The van der Waals surface area contributed by atoms with E-state index in [0.717, 1.165) is 31.4 Å². The minimum absolute atomic E-state index is 0.0620. The van der Waals surface area contributed by atoms with Crippen molar-refractivity contribution in [2.45, 2.75) is 56.4 Å². The molecule has 2 saturated heterocycles. The Morgan fingerprint density at radius 3 is 2.19 bits per heavy atom. The Kier molecular flexibility index (Phi) is 5.46. The van der Waals surface area contributed by atoms with Crippen molar-refractivity contribution in [3.63, 3.8) is 0 Å². The van der Waals surface area contributed by atoms with Crippen LogP contribution in [0.3, 0.4) is 0 Å². The Morgan fingerprint density at radius 2 is 1.70 bits per heavy atom. The number of nitrogens with zero attached hydrogens (tertiary/aromatic N) is 1. The monoisotopic (exact) mass is 384 g/mol. The zero-order valence-corrected chi connectivity index (χ0v) is 15.0. The second-order valence-corrected chi connectivity index (χ2v) is 7.31. The maximum atomic E-state index is 13.0. The molecule has 1 amide bonds. The largest absolute Gasteiger partial charge is 0.468 e. The Hall–Kier alpha value is -2.09. The number of alkyl halides is 3. The molecule has 0 aromatic heterocycles. The molecule has 2 bridgehead atoms. The van der Waals surface area contributed by atoms with Gasteiger partial charge in [-0.15, -0.1) is 0 Å². The standard InChI is InChI=1S/C19H23F3N2O3/c1-27-18(26)16(23)12-9-14-3-2-4-15(10-12)24(14)17(25)11-5-7-13(8-6-11)19(20,21)22/h5-8,12,14-16H,2-4,9-10,23H2,1H3. The average Bonchev–Trinajstić information content (AvgIpc) is 2.64. The number of fused-ring (bicyclic) bond motifs is 2. The Labute approximate surface area is 155 Å². The van der Waals surface area contributed by atoms with E-state index in [1.54, 1.807) is 4.90 Å². The molecule has 0 aliphatic carbocycles. The van der Waals surface area contributed by atoms with E-state index < -0.39 is 23.8 Å². The van der Waals surface area contributed by atoms with Gasteiger partial charge in [-0.3, -0.25) is 9.59 Å². The fourth-order valence-corrected chi connectivity index (χ4v) is 4.33. The first-order valence-electron chi connectivity index (χ1n) is 9.05. The van der Waals surface area contributed by atoms with Crippen molar-refractivity contribution in [1.29, 1.82) is 0 Å². The predicted molar refractivity (Wildman–Crippen MR) is 91.8 cm³/mol. The molecule has 3 rings (SSSR count). The van der Waals surface area contributed by atoms with Gasteiger partial charge >= 0.3 is 12.1 Å². The Balaban J connectivity index is 1.77. The maximum absolute atomic E-state index is 13.0. The van der Waals surface area contributed by atoms with E-state index in [4.69, 9.17) is 10.5 Å². The first-order valence-corrected chi connectivity index (χ1v) is 9.05. The third-order valence-electron chi connectivity index (χ3n) is 5.69. The third kappa shape index (κ3) is 3.95. The summed E-state index contributed by atoms with van der Waals surface area (Å²) in [5.74, 6) is -0.784. The molecule has 2 heterocycles. The first-order chi connectivity index (χ1) is 12.7. The number of carbonyl (C=O) groups excluding carboxylic acids is 2. The van der Waals surface area contributed by atoms with Gasteiger partial charge in [0, 0.05) is 17.6 Å². The molecule has 27 heavy (non-hydrogen) atoms. The van der Waals surface area contributed by atoms with Gasteiger partial charge in [-0.05, 0) is 62.3 Å². The topological polar surface area (TPSA) is 72.6 Å². The number of carbonyl (C=O) groups is 2. The highest BCUT2D eigenvalue weighted by Crippen LogP contribution is 2.39. The molecule has 8 heteroatoms. The molecule has 3 unspecified atom stereocenters. The van der Waals surface area contributed by atoms with Crippen molar-refractivity contribution < 1.29 is 27.5 Å². The lowest BCUT2D eigenvalue weighted by molar-refractivity contribution is -0.144. The molecule has 2 aliphatic heterocycles. The average molecular weight is 384 g/mol. The summed E-state index contributed by atoms with van der Waals surface area (Å²) in [7, 11) is 1.30. The molecule has 148 valence electrons. The molecule has 2 aliphatic rings. The van der Waals surface area contributed by atoms with Crippen LogP contribution in [-0.2, 0) is 15.7 Å². The number of halogens is 3. The summed E-state index contributed by atoms with van der Waals surface area (Å²) >= 11 is 0. The summed E-state index contributed by atoms with van der Waals surface area (Å²) in [6, 6.07) is 3.48. The van der Waals surface area contributed by atoms with Crippen LogP contribution in [0.1, 0.15) is 48.0 Å². The summed E-state index contributed by atoms with van der Waals surface area (Å²) in [5, 5.41) is 0. The summed E-state index contributed by atoms with van der Waals surface area (Å²) in [5.41, 5.74) is 5.48. The van der Waals surface area contributed by atoms with Crippen LogP contribution in [0.15, 0.2) is 24.3 Å². The molecule has 1 aromatic rings. The van der Waals surface area contributed by atoms with Gasteiger partial charge in [0.2, 0.25) is 0 Å². The predicted octanol–water partition coefficient (Wildman–Crippen LogP) is 2.98. The SMILES string of the molecule is COC(=O)C(N)C1CC2CCCC(C1)N2C(=O)c1ccc(C(F)(F)F)cc1. The van der Waals surface area contributed by atoms with E-state index in [1.807, 2.05) is 0 Å². The second kappa shape index (κ2) is 7.50. The van der Waals surface area contributed by atoms with E-state index in [1.165, 1.54) is 19.2 Å². The molecular formula is C19H23F3N2O3. The molecule has 0 radical (unpaired) electrons. The van der Waals surface area contributed by atoms with Gasteiger partial charge in [-0.2, -0.15) is 13.2 Å². The lowest BCUT2D eigenvalue weighted by Crippen LogP contribution is -2.57. The number of methoxy groups -OCH3 is 1. The minimum atomic E-state index is -4.43. The number of amides is 1. The number of piperidine rings is 2. The second-order valence-electron chi connectivity index (χ2n) is 7.31. The highest BCUT2D eigenvalue weighted by atomic mass is 19.4. The summed E-state index contributed by atoms with van der Waals surface area (Å²) in [4.78, 5) is 26.5. The highest BCUT2D eigenvalue weighted by Gasteiger charge is 2.44. The van der Waals surface area contributed by atoms with Crippen LogP contribution < -0.4 is 5.73 Å². The van der Waals surface area contributed by atoms with Crippen LogP contribution >= 0.6 is 0 Å². The van der Waals surface area contributed by atoms with Crippen LogP contribution in [0.4, 0.5) is 13.2 Å². The van der Waals surface area contributed by atoms with Crippen molar-refractivity contribution in [3.05, 3.63) is 35.4 Å². The molecule has 5 nitrogen and oxygen atoms in total. The third-order valence-corrected chi connectivity index (χ3v) is 5.69. The van der Waals surface area contributed by atoms with Crippen LogP contribution in [-0.4, -0.2) is 42.0 Å². The van der Waals surface area contributed by atoms with E-state index in [9.17, 15) is 22.8 Å².